The third-order valence-electron chi connectivity index (χ3n) is 5.00. The summed E-state index contributed by atoms with van der Waals surface area (Å²) in [5, 5.41) is 0.688. The lowest BCUT2D eigenvalue weighted by atomic mass is 9.87. The summed E-state index contributed by atoms with van der Waals surface area (Å²) in [6, 6.07) is 0. The number of nitrogens with two attached hydrogens (primary N) is 1. The van der Waals surface area contributed by atoms with Crippen molar-refractivity contribution in [3.8, 4) is 0 Å². The quantitative estimate of drug-likeness (QED) is 0.838. The van der Waals surface area contributed by atoms with Crippen molar-refractivity contribution in [3.05, 3.63) is 0 Å². The van der Waals surface area contributed by atoms with E-state index in [2.05, 4.69) is 30.6 Å². The standard InChI is InChI=1S/C14H28N2S/c1-12-14(11-15,8-5-9-17-12)16(2)10-13-6-3-4-7-13/h12-13H,3-11,15H2,1-2H3. The molecule has 0 aromatic heterocycles. The normalized spacial score (nSPS) is 35.6. The zero-order valence-corrected chi connectivity index (χ0v) is 12.3. The van der Waals surface area contributed by atoms with Crippen molar-refractivity contribution in [1.82, 2.24) is 4.90 Å². The van der Waals surface area contributed by atoms with E-state index in [1.807, 2.05) is 0 Å². The molecule has 0 amide bonds. The summed E-state index contributed by atoms with van der Waals surface area (Å²) in [6.07, 6.45) is 8.39. The molecule has 3 heteroatoms. The van der Waals surface area contributed by atoms with Crippen molar-refractivity contribution in [3.63, 3.8) is 0 Å². The van der Waals surface area contributed by atoms with Gasteiger partial charge in [0.2, 0.25) is 0 Å². The van der Waals surface area contributed by atoms with Crippen LogP contribution in [0.2, 0.25) is 0 Å². The molecule has 1 aliphatic heterocycles. The van der Waals surface area contributed by atoms with Crippen LogP contribution in [-0.4, -0.2) is 41.6 Å². The van der Waals surface area contributed by atoms with Gasteiger partial charge in [-0.1, -0.05) is 19.8 Å². The van der Waals surface area contributed by atoms with Crippen molar-refractivity contribution in [2.45, 2.75) is 56.2 Å². The molecule has 1 heterocycles. The van der Waals surface area contributed by atoms with Crippen LogP contribution in [0.1, 0.15) is 45.4 Å². The van der Waals surface area contributed by atoms with E-state index in [0.717, 1.165) is 12.5 Å². The molecule has 1 aliphatic carbocycles. The van der Waals surface area contributed by atoms with Gasteiger partial charge >= 0.3 is 0 Å². The van der Waals surface area contributed by atoms with Crippen molar-refractivity contribution in [1.29, 1.82) is 0 Å². The Morgan fingerprint density at radius 3 is 2.59 bits per heavy atom. The van der Waals surface area contributed by atoms with Crippen LogP contribution in [-0.2, 0) is 0 Å². The third-order valence-corrected chi connectivity index (χ3v) is 6.46. The second kappa shape index (κ2) is 5.94. The molecule has 1 saturated carbocycles. The summed E-state index contributed by atoms with van der Waals surface area (Å²) in [5.74, 6) is 2.25. The molecule has 2 aliphatic rings. The largest absolute Gasteiger partial charge is 0.329 e. The molecule has 2 atom stereocenters. The van der Waals surface area contributed by atoms with Gasteiger partial charge < -0.3 is 5.73 Å². The second-order valence-electron chi connectivity index (χ2n) is 5.96. The van der Waals surface area contributed by atoms with Crippen LogP contribution in [0, 0.1) is 5.92 Å². The number of likely N-dealkylation sites (N-methyl/N-ethyl adjacent to an activating group) is 1. The van der Waals surface area contributed by atoms with Crippen LogP contribution in [0.25, 0.3) is 0 Å². The average Bonchev–Trinajstić information content (AvgIpc) is 2.82. The fourth-order valence-electron chi connectivity index (χ4n) is 3.68. The molecule has 2 nitrogen and oxygen atoms in total. The van der Waals surface area contributed by atoms with Crippen molar-refractivity contribution in [2.75, 3.05) is 25.9 Å². The molecule has 2 unspecified atom stereocenters. The van der Waals surface area contributed by atoms with Gasteiger partial charge in [-0.25, -0.2) is 0 Å². The number of rotatable bonds is 4. The molecule has 0 bridgehead atoms. The number of nitrogens with zero attached hydrogens (tertiary/aromatic N) is 1. The maximum absolute atomic E-state index is 6.15. The first-order valence-electron chi connectivity index (χ1n) is 7.22. The first-order valence-corrected chi connectivity index (χ1v) is 8.27. The Kier molecular flexibility index (Phi) is 4.79. The molecular formula is C14H28N2S. The van der Waals surface area contributed by atoms with Crippen LogP contribution in [0.15, 0.2) is 0 Å². The minimum atomic E-state index is 0.269. The van der Waals surface area contributed by atoms with Crippen molar-refractivity contribution >= 4 is 11.8 Å². The molecule has 2 N–H and O–H groups in total. The predicted octanol–water partition coefficient (Wildman–Crippen LogP) is 2.72. The highest BCUT2D eigenvalue weighted by molar-refractivity contribution is 8.00. The number of hydrogen-bond acceptors (Lipinski definition) is 3. The highest BCUT2D eigenvalue weighted by atomic mass is 32.2. The molecular weight excluding hydrogens is 228 g/mol. The lowest BCUT2D eigenvalue weighted by Gasteiger charge is -2.49. The highest BCUT2D eigenvalue weighted by Crippen LogP contribution is 2.38. The maximum Gasteiger partial charge on any atom is 0.0444 e. The molecule has 100 valence electrons. The second-order valence-corrected chi connectivity index (χ2v) is 7.40. The van der Waals surface area contributed by atoms with Gasteiger partial charge in [0.15, 0.2) is 0 Å². The highest BCUT2D eigenvalue weighted by Gasteiger charge is 2.41. The van der Waals surface area contributed by atoms with Gasteiger partial charge in [-0.2, -0.15) is 11.8 Å². The molecule has 0 spiro atoms. The lowest BCUT2D eigenvalue weighted by molar-refractivity contribution is 0.0938. The summed E-state index contributed by atoms with van der Waals surface area (Å²) < 4.78 is 0. The van der Waals surface area contributed by atoms with E-state index >= 15 is 0 Å². The van der Waals surface area contributed by atoms with Crippen LogP contribution in [0.3, 0.4) is 0 Å². The first-order chi connectivity index (χ1) is 8.19. The Morgan fingerprint density at radius 2 is 2.00 bits per heavy atom. The molecule has 0 aromatic carbocycles. The minimum absolute atomic E-state index is 0.269. The van der Waals surface area contributed by atoms with E-state index in [1.165, 1.54) is 50.8 Å². The van der Waals surface area contributed by atoms with E-state index in [4.69, 9.17) is 5.73 Å². The van der Waals surface area contributed by atoms with E-state index in [1.54, 1.807) is 0 Å². The monoisotopic (exact) mass is 256 g/mol. The maximum atomic E-state index is 6.15. The topological polar surface area (TPSA) is 29.3 Å². The van der Waals surface area contributed by atoms with Crippen LogP contribution < -0.4 is 5.73 Å². The van der Waals surface area contributed by atoms with E-state index in [9.17, 15) is 0 Å². The average molecular weight is 256 g/mol. The smallest absolute Gasteiger partial charge is 0.0444 e. The molecule has 17 heavy (non-hydrogen) atoms. The van der Waals surface area contributed by atoms with E-state index in [0.29, 0.717) is 5.25 Å². The summed E-state index contributed by atoms with van der Waals surface area (Å²) in [4.78, 5) is 2.61. The molecule has 0 radical (unpaired) electrons. The Hall–Kier alpha value is 0.270. The van der Waals surface area contributed by atoms with Gasteiger partial charge in [0.1, 0.15) is 0 Å². The fourth-order valence-corrected chi connectivity index (χ4v) is 5.05. The number of hydrogen-bond donors (Lipinski definition) is 1. The minimum Gasteiger partial charge on any atom is -0.329 e. The van der Waals surface area contributed by atoms with Crippen molar-refractivity contribution < 1.29 is 0 Å². The van der Waals surface area contributed by atoms with Gasteiger partial charge in [-0.05, 0) is 44.4 Å². The van der Waals surface area contributed by atoms with Crippen LogP contribution >= 0.6 is 11.8 Å². The zero-order chi connectivity index (χ0) is 12.3. The fraction of sp³-hybridized carbons (Fsp3) is 1.00. The zero-order valence-electron chi connectivity index (χ0n) is 11.5. The molecule has 2 fully saturated rings. The Balaban J connectivity index is 1.99. The first kappa shape index (κ1) is 13.7. The SMILES string of the molecule is CC1SCCCC1(CN)N(C)CC1CCCC1. The molecule has 1 saturated heterocycles. The van der Waals surface area contributed by atoms with Crippen LogP contribution in [0.5, 0.6) is 0 Å². The third kappa shape index (κ3) is 2.82. The van der Waals surface area contributed by atoms with Gasteiger partial charge in [0.05, 0.1) is 0 Å². The predicted molar refractivity (Wildman–Crippen MR) is 77.5 cm³/mol. The Labute approximate surface area is 111 Å². The van der Waals surface area contributed by atoms with Gasteiger partial charge in [-0.15, -0.1) is 0 Å². The van der Waals surface area contributed by atoms with Crippen LogP contribution in [0.4, 0.5) is 0 Å². The summed E-state index contributed by atoms with van der Waals surface area (Å²) in [6.45, 7) is 4.47. The number of thioether (sulfide) groups is 1. The van der Waals surface area contributed by atoms with E-state index < -0.39 is 0 Å². The Bertz CT molecular complexity index is 240. The van der Waals surface area contributed by atoms with Crippen molar-refractivity contribution in [2.24, 2.45) is 11.7 Å². The lowest BCUT2D eigenvalue weighted by Crippen LogP contribution is -2.60. The van der Waals surface area contributed by atoms with E-state index in [-0.39, 0.29) is 5.54 Å². The Morgan fingerprint density at radius 1 is 1.29 bits per heavy atom. The summed E-state index contributed by atoms with van der Waals surface area (Å²) in [5.41, 5.74) is 6.42. The summed E-state index contributed by atoms with van der Waals surface area (Å²) >= 11 is 2.11. The summed E-state index contributed by atoms with van der Waals surface area (Å²) in [7, 11) is 2.31. The van der Waals surface area contributed by atoms with Gasteiger partial charge in [0, 0.05) is 23.9 Å². The molecule has 0 aromatic rings. The molecule has 2 rings (SSSR count). The van der Waals surface area contributed by atoms with Gasteiger partial charge in [0.25, 0.3) is 0 Å². The van der Waals surface area contributed by atoms with Gasteiger partial charge in [-0.3, -0.25) is 4.90 Å².